The van der Waals surface area contributed by atoms with Crippen molar-refractivity contribution in [2.75, 3.05) is 26.7 Å². The molecule has 0 amide bonds. The van der Waals surface area contributed by atoms with E-state index in [4.69, 9.17) is 9.72 Å². The number of ether oxygens (including phenoxy) is 1. The monoisotopic (exact) mass is 528 g/mol. The van der Waals surface area contributed by atoms with Gasteiger partial charge in [0.25, 0.3) is 0 Å². The molecule has 0 saturated carbocycles. The van der Waals surface area contributed by atoms with Gasteiger partial charge in [0.05, 0.1) is 30.5 Å². The molecule has 1 fully saturated rings. The van der Waals surface area contributed by atoms with E-state index < -0.39 is 0 Å². The van der Waals surface area contributed by atoms with Crippen LogP contribution >= 0.6 is 35.3 Å². The summed E-state index contributed by atoms with van der Waals surface area (Å²) >= 11 is 1.73. The maximum Gasteiger partial charge on any atom is 0.193 e. The van der Waals surface area contributed by atoms with E-state index in [1.807, 2.05) is 13.1 Å². The van der Waals surface area contributed by atoms with Crippen LogP contribution in [0.2, 0.25) is 0 Å². The minimum atomic E-state index is 0. The van der Waals surface area contributed by atoms with Crippen LogP contribution in [0.25, 0.3) is 0 Å². The quantitative estimate of drug-likeness (QED) is 0.336. The van der Waals surface area contributed by atoms with Crippen molar-refractivity contribution in [2.45, 2.75) is 45.8 Å². The summed E-state index contributed by atoms with van der Waals surface area (Å²) < 4.78 is 5.93. The van der Waals surface area contributed by atoms with E-state index in [9.17, 15) is 0 Å². The van der Waals surface area contributed by atoms with Crippen LogP contribution < -0.4 is 5.32 Å². The molecule has 2 aromatic rings. The second-order valence-electron chi connectivity index (χ2n) is 8.40. The number of benzene rings is 1. The van der Waals surface area contributed by atoms with Crippen molar-refractivity contribution >= 4 is 41.3 Å². The van der Waals surface area contributed by atoms with Crippen molar-refractivity contribution in [3.63, 3.8) is 0 Å². The molecule has 160 valence electrons. The third-order valence-corrected chi connectivity index (χ3v) is 6.20. The molecular weight excluding hydrogens is 495 g/mol. The van der Waals surface area contributed by atoms with Crippen molar-refractivity contribution in [1.82, 2.24) is 15.2 Å². The standard InChI is InChI=1S/C22H32N4OS.HI/c1-22(2,3)20-25-19(16-28-20)12-24-21(23-4)26-11-10-18(13-26)15-27-14-17-8-6-5-7-9-17;/h5-9,16,18H,10-15H2,1-4H3,(H,23,24);1H. The number of hydrogen-bond acceptors (Lipinski definition) is 4. The third-order valence-electron chi connectivity index (χ3n) is 4.88. The summed E-state index contributed by atoms with van der Waals surface area (Å²) in [4.78, 5) is 11.6. The first-order valence-electron chi connectivity index (χ1n) is 9.98. The number of aliphatic imine (C=N–C) groups is 1. The summed E-state index contributed by atoms with van der Waals surface area (Å²) in [6, 6.07) is 10.4. The van der Waals surface area contributed by atoms with Crippen LogP contribution in [0.15, 0.2) is 40.7 Å². The summed E-state index contributed by atoms with van der Waals surface area (Å²) in [7, 11) is 1.85. The van der Waals surface area contributed by atoms with Gasteiger partial charge in [-0.3, -0.25) is 4.99 Å². The lowest BCUT2D eigenvalue weighted by Gasteiger charge is -2.21. The maximum absolute atomic E-state index is 5.93. The molecule has 29 heavy (non-hydrogen) atoms. The van der Waals surface area contributed by atoms with Crippen LogP contribution in [0.5, 0.6) is 0 Å². The normalized spacial score (nSPS) is 17.3. The highest BCUT2D eigenvalue weighted by Crippen LogP contribution is 2.25. The van der Waals surface area contributed by atoms with Crippen LogP contribution in [0.1, 0.15) is 43.5 Å². The number of nitrogens with zero attached hydrogens (tertiary/aromatic N) is 3. The molecule has 7 heteroatoms. The Kier molecular flexibility index (Phi) is 9.36. The second-order valence-corrected chi connectivity index (χ2v) is 9.25. The number of hydrogen-bond donors (Lipinski definition) is 1. The first-order chi connectivity index (χ1) is 13.5. The lowest BCUT2D eigenvalue weighted by Crippen LogP contribution is -2.40. The number of nitrogens with one attached hydrogen (secondary N) is 1. The van der Waals surface area contributed by atoms with E-state index >= 15 is 0 Å². The summed E-state index contributed by atoms with van der Waals surface area (Å²) in [5, 5.41) is 6.80. The lowest BCUT2D eigenvalue weighted by molar-refractivity contribution is 0.0906. The van der Waals surface area contributed by atoms with Crippen LogP contribution in [0.3, 0.4) is 0 Å². The summed E-state index contributed by atoms with van der Waals surface area (Å²) in [6.07, 6.45) is 1.14. The van der Waals surface area contributed by atoms with Crippen LogP contribution in [0, 0.1) is 5.92 Å². The number of halogens is 1. The Morgan fingerprint density at radius 3 is 2.72 bits per heavy atom. The fourth-order valence-electron chi connectivity index (χ4n) is 3.31. The molecular formula is C22H33IN4OS. The Labute approximate surface area is 196 Å². The number of aromatic nitrogens is 1. The SMILES string of the molecule is CN=C(NCc1csc(C(C)(C)C)n1)N1CCC(COCc2ccccc2)C1.I. The first-order valence-corrected chi connectivity index (χ1v) is 10.9. The van der Waals surface area contributed by atoms with Crippen LogP contribution in [-0.2, 0) is 23.3 Å². The van der Waals surface area contributed by atoms with E-state index in [1.165, 1.54) is 10.6 Å². The van der Waals surface area contributed by atoms with Gasteiger partial charge in [-0.1, -0.05) is 51.1 Å². The van der Waals surface area contributed by atoms with E-state index in [0.29, 0.717) is 19.1 Å². The summed E-state index contributed by atoms with van der Waals surface area (Å²) in [6.45, 7) is 10.8. The molecule has 3 rings (SSSR count). The number of thiazole rings is 1. The van der Waals surface area contributed by atoms with Crippen molar-refractivity contribution < 1.29 is 4.74 Å². The van der Waals surface area contributed by atoms with Gasteiger partial charge in [-0.05, 0) is 12.0 Å². The Hall–Kier alpha value is -1.19. The lowest BCUT2D eigenvalue weighted by atomic mass is 9.98. The molecule has 1 aliphatic rings. The molecule has 1 aromatic heterocycles. The highest BCUT2D eigenvalue weighted by molar-refractivity contribution is 14.0. The van der Waals surface area contributed by atoms with E-state index in [0.717, 1.165) is 37.8 Å². The van der Waals surface area contributed by atoms with Crippen LogP contribution in [0.4, 0.5) is 0 Å². The van der Waals surface area contributed by atoms with Crippen molar-refractivity contribution in [3.05, 3.63) is 52.0 Å². The fourth-order valence-corrected chi connectivity index (χ4v) is 4.22. The van der Waals surface area contributed by atoms with Gasteiger partial charge in [0.2, 0.25) is 0 Å². The van der Waals surface area contributed by atoms with E-state index in [2.05, 4.69) is 65.6 Å². The van der Waals surface area contributed by atoms with Crippen molar-refractivity contribution in [2.24, 2.45) is 10.9 Å². The smallest absolute Gasteiger partial charge is 0.193 e. The highest BCUT2D eigenvalue weighted by atomic mass is 127. The highest BCUT2D eigenvalue weighted by Gasteiger charge is 2.25. The molecule has 0 aliphatic carbocycles. The van der Waals surface area contributed by atoms with Crippen molar-refractivity contribution in [3.8, 4) is 0 Å². The minimum absolute atomic E-state index is 0. The molecule has 1 aromatic carbocycles. The zero-order valence-electron chi connectivity index (χ0n) is 17.9. The third kappa shape index (κ3) is 7.22. The first kappa shape index (κ1) is 24.1. The van der Waals surface area contributed by atoms with Gasteiger partial charge in [0.15, 0.2) is 5.96 Å². The predicted octanol–water partition coefficient (Wildman–Crippen LogP) is 4.67. The molecule has 1 atom stereocenters. The molecule has 0 spiro atoms. The molecule has 1 unspecified atom stereocenters. The fraction of sp³-hybridized carbons (Fsp3) is 0.545. The average molecular weight is 529 g/mol. The average Bonchev–Trinajstić information content (AvgIpc) is 3.33. The molecule has 1 aliphatic heterocycles. The Morgan fingerprint density at radius 1 is 1.31 bits per heavy atom. The molecule has 2 heterocycles. The zero-order valence-corrected chi connectivity index (χ0v) is 21.0. The van der Waals surface area contributed by atoms with Gasteiger partial charge in [-0.25, -0.2) is 4.98 Å². The number of likely N-dealkylation sites (tertiary alicyclic amines) is 1. The van der Waals surface area contributed by atoms with Gasteiger partial charge in [0.1, 0.15) is 0 Å². The molecule has 1 saturated heterocycles. The minimum Gasteiger partial charge on any atom is -0.376 e. The Morgan fingerprint density at radius 2 is 2.07 bits per heavy atom. The maximum atomic E-state index is 5.93. The molecule has 0 bridgehead atoms. The van der Waals surface area contributed by atoms with Gasteiger partial charge in [-0.2, -0.15) is 0 Å². The zero-order chi connectivity index (χ0) is 20.0. The van der Waals surface area contributed by atoms with E-state index in [1.54, 1.807) is 11.3 Å². The molecule has 0 radical (unpaired) electrons. The number of guanidine groups is 1. The Bertz CT molecular complexity index is 773. The van der Waals surface area contributed by atoms with Gasteiger partial charge in [-0.15, -0.1) is 35.3 Å². The van der Waals surface area contributed by atoms with Gasteiger partial charge in [0, 0.05) is 36.9 Å². The van der Waals surface area contributed by atoms with Crippen LogP contribution in [-0.4, -0.2) is 42.6 Å². The summed E-state index contributed by atoms with van der Waals surface area (Å²) in [5.74, 6) is 1.50. The summed E-state index contributed by atoms with van der Waals surface area (Å²) in [5.41, 5.74) is 2.41. The topological polar surface area (TPSA) is 49.8 Å². The van der Waals surface area contributed by atoms with Gasteiger partial charge < -0.3 is 15.0 Å². The molecule has 1 N–H and O–H groups in total. The largest absolute Gasteiger partial charge is 0.376 e. The Balaban J connectivity index is 0.00000300. The second kappa shape index (κ2) is 11.3. The van der Waals surface area contributed by atoms with Gasteiger partial charge >= 0.3 is 0 Å². The van der Waals surface area contributed by atoms with Crippen molar-refractivity contribution in [1.29, 1.82) is 0 Å². The molecule has 5 nitrogen and oxygen atoms in total. The predicted molar refractivity (Wildman–Crippen MR) is 132 cm³/mol. The number of rotatable bonds is 6. The van der Waals surface area contributed by atoms with E-state index in [-0.39, 0.29) is 29.4 Å².